The number of alkyl halides is 11. The van der Waals surface area contributed by atoms with Crippen molar-refractivity contribution in [1.29, 1.82) is 5.26 Å². The fourth-order valence-electron chi connectivity index (χ4n) is 3.13. The maximum atomic E-state index is 14.0. The van der Waals surface area contributed by atoms with E-state index in [1.807, 2.05) is 0 Å². The van der Waals surface area contributed by atoms with Crippen molar-refractivity contribution in [2.75, 3.05) is 0 Å². The molecule has 0 heterocycles. The zero-order valence-corrected chi connectivity index (χ0v) is 15.0. The van der Waals surface area contributed by atoms with E-state index in [-0.39, 0.29) is 0 Å². The number of carbonyl (C=O) groups is 1. The van der Waals surface area contributed by atoms with Crippen molar-refractivity contribution >= 4 is 11.5 Å². The zero-order chi connectivity index (χ0) is 27.0. The van der Waals surface area contributed by atoms with Crippen molar-refractivity contribution < 1.29 is 75.8 Å². The Morgan fingerprint density at radius 1 is 0.765 bits per heavy atom. The lowest BCUT2D eigenvalue weighted by Gasteiger charge is -2.37. The van der Waals surface area contributed by atoms with Gasteiger partial charge in [0, 0.05) is 6.08 Å². The van der Waals surface area contributed by atoms with Crippen molar-refractivity contribution in [3.8, 4) is 6.07 Å². The molecular weight excluding hydrogens is 523 g/mol. The molecule has 1 N–H and O–H groups in total. The van der Waals surface area contributed by atoms with Crippen LogP contribution < -0.4 is 0 Å². The van der Waals surface area contributed by atoms with E-state index in [9.17, 15) is 75.8 Å². The molecule has 2 rings (SSSR count). The van der Waals surface area contributed by atoms with Gasteiger partial charge in [0.2, 0.25) is 0 Å². The number of nitriles is 1. The first-order chi connectivity index (χ1) is 15.0. The first-order valence-electron chi connectivity index (χ1n) is 7.81. The van der Waals surface area contributed by atoms with Gasteiger partial charge in [-0.3, -0.25) is 4.79 Å². The predicted octanol–water partition coefficient (Wildman–Crippen LogP) is 5.69. The summed E-state index contributed by atoms with van der Waals surface area (Å²) >= 11 is 0. The number of rotatable bonds is 3. The normalized spacial score (nSPS) is 22.4. The number of hydrogen-bond donors (Lipinski definition) is 1. The topological polar surface area (TPSA) is 61.1 Å². The number of benzene rings is 1. The molecule has 3 nitrogen and oxygen atoms in total. The van der Waals surface area contributed by atoms with Gasteiger partial charge in [-0.05, 0) is 0 Å². The molecule has 0 unspecified atom stereocenters. The second kappa shape index (κ2) is 7.18. The van der Waals surface area contributed by atoms with Crippen molar-refractivity contribution in [3.05, 3.63) is 40.5 Å². The molecule has 18 heteroatoms. The third-order valence-electron chi connectivity index (χ3n) is 4.82. The molecule has 0 spiro atoms. The average Bonchev–Trinajstić information content (AvgIpc) is 2.71. The molecule has 0 atom stereocenters. The molecule has 1 aliphatic carbocycles. The number of halogens is 15. The lowest BCUT2D eigenvalue weighted by molar-refractivity contribution is -0.341. The summed E-state index contributed by atoms with van der Waals surface area (Å²) < 4.78 is 204. The van der Waals surface area contributed by atoms with Gasteiger partial charge in [0.05, 0.1) is 5.56 Å². The summed E-state index contributed by atoms with van der Waals surface area (Å²) in [6.07, 6.45) is -9.32. The number of hydrogen-bond acceptors (Lipinski definition) is 3. The monoisotopic (exact) mass is 525 g/mol. The van der Waals surface area contributed by atoms with Crippen LogP contribution in [0, 0.1) is 40.0 Å². The summed E-state index contributed by atoms with van der Waals surface area (Å²) in [5.74, 6) is -48.7. The van der Waals surface area contributed by atoms with Crippen LogP contribution in [0.3, 0.4) is 0 Å². The van der Waals surface area contributed by atoms with Gasteiger partial charge in [0.1, 0.15) is 17.4 Å². The van der Waals surface area contributed by atoms with E-state index in [1.54, 1.807) is 0 Å². The molecule has 188 valence electrons. The van der Waals surface area contributed by atoms with Crippen LogP contribution in [0.4, 0.5) is 65.9 Å². The van der Waals surface area contributed by atoms with Gasteiger partial charge in [0.25, 0.3) is 5.41 Å². The van der Waals surface area contributed by atoms with Crippen LogP contribution in [0.25, 0.3) is 5.76 Å². The smallest absolute Gasteiger partial charge is 0.414 e. The number of aliphatic hydroxyl groups is 1. The largest absolute Gasteiger partial charge is 0.507 e. The summed E-state index contributed by atoms with van der Waals surface area (Å²) in [6, 6.07) is 0.551. The van der Waals surface area contributed by atoms with Gasteiger partial charge < -0.3 is 5.11 Å². The number of nitrogens with zero attached hydrogens (tertiary/aromatic N) is 1. The molecular formula is C16H2F15NO2. The zero-order valence-electron chi connectivity index (χ0n) is 15.0. The minimum Gasteiger partial charge on any atom is -0.507 e. The van der Waals surface area contributed by atoms with E-state index in [0.29, 0.717) is 6.07 Å². The van der Waals surface area contributed by atoms with Crippen molar-refractivity contribution in [2.45, 2.75) is 29.9 Å². The maximum absolute atomic E-state index is 14.0. The lowest BCUT2D eigenvalue weighted by atomic mass is 9.74. The van der Waals surface area contributed by atoms with Crippen molar-refractivity contribution in [1.82, 2.24) is 0 Å². The van der Waals surface area contributed by atoms with Crippen LogP contribution in [0.2, 0.25) is 0 Å². The molecule has 1 aromatic rings. The van der Waals surface area contributed by atoms with E-state index in [2.05, 4.69) is 0 Å². The van der Waals surface area contributed by atoms with Gasteiger partial charge in [-0.25, -0.2) is 17.6 Å². The van der Waals surface area contributed by atoms with E-state index in [4.69, 9.17) is 5.26 Å². The van der Waals surface area contributed by atoms with Gasteiger partial charge in [-0.15, -0.1) is 0 Å². The van der Waals surface area contributed by atoms with Crippen LogP contribution in [0.15, 0.2) is 6.08 Å². The summed E-state index contributed by atoms with van der Waals surface area (Å²) in [7, 11) is 0. The van der Waals surface area contributed by atoms with Crippen molar-refractivity contribution in [3.63, 3.8) is 0 Å². The molecule has 1 fully saturated rings. The second-order valence-electron chi connectivity index (χ2n) is 6.56. The van der Waals surface area contributed by atoms with Crippen LogP contribution in [-0.2, 0) is 4.79 Å². The molecule has 1 aliphatic rings. The Labute approximate surface area is 175 Å². The Morgan fingerprint density at radius 2 is 1.12 bits per heavy atom. The second-order valence-corrected chi connectivity index (χ2v) is 6.56. The molecule has 1 saturated carbocycles. The highest BCUT2D eigenvalue weighted by atomic mass is 19.4. The number of allylic oxidation sites excluding steroid dienone is 1. The minimum atomic E-state index is -7.66. The summed E-state index contributed by atoms with van der Waals surface area (Å²) in [6.45, 7) is 0. The highest BCUT2D eigenvalue weighted by Gasteiger charge is 3.06. The number of ketones is 1. The molecule has 1 aromatic carbocycles. The highest BCUT2D eigenvalue weighted by molar-refractivity contribution is 6.02. The van der Waals surface area contributed by atoms with Gasteiger partial charge >= 0.3 is 29.9 Å². The van der Waals surface area contributed by atoms with Crippen LogP contribution in [-0.4, -0.2) is 40.8 Å². The number of carbonyl (C=O) groups excluding carboxylic acids is 1. The summed E-state index contributed by atoms with van der Waals surface area (Å²) in [5, 5.41) is 17.8. The Bertz CT molecular complexity index is 1090. The van der Waals surface area contributed by atoms with Gasteiger partial charge in [-0.2, -0.15) is 53.6 Å². The maximum Gasteiger partial charge on any atom is 0.414 e. The van der Waals surface area contributed by atoms with E-state index in [1.165, 1.54) is 0 Å². The SMILES string of the molecule is N#Cc1c(F)c(F)c(/C(O)=C/C(=O)C2(C(F)(F)F)C(F)(F)C(F)(F)C(F)(F)C2(F)F)c(F)c1F. The van der Waals surface area contributed by atoms with E-state index in [0.717, 1.165) is 0 Å². The molecule has 0 aliphatic heterocycles. The summed E-state index contributed by atoms with van der Waals surface area (Å²) in [4.78, 5) is 11.9. The fourth-order valence-corrected chi connectivity index (χ4v) is 3.13. The van der Waals surface area contributed by atoms with Crippen LogP contribution in [0.1, 0.15) is 11.1 Å². The fraction of sp³-hybridized carbons (Fsp3) is 0.375. The van der Waals surface area contributed by atoms with Gasteiger partial charge in [0.15, 0.2) is 29.1 Å². The highest BCUT2D eigenvalue weighted by Crippen LogP contribution is 2.75. The lowest BCUT2D eigenvalue weighted by Crippen LogP contribution is -2.64. The molecule has 0 saturated heterocycles. The van der Waals surface area contributed by atoms with Crippen molar-refractivity contribution in [2.24, 2.45) is 5.41 Å². The molecule has 34 heavy (non-hydrogen) atoms. The van der Waals surface area contributed by atoms with Gasteiger partial charge in [-0.1, -0.05) is 0 Å². The summed E-state index contributed by atoms with van der Waals surface area (Å²) in [5.41, 5.74) is -12.1. The third-order valence-corrected chi connectivity index (χ3v) is 4.82. The number of aliphatic hydroxyl groups excluding tert-OH is 1. The first kappa shape index (κ1) is 27.1. The quantitative estimate of drug-likeness (QED) is 0.239. The Kier molecular flexibility index (Phi) is 5.73. The first-order valence-corrected chi connectivity index (χ1v) is 7.81. The Balaban J connectivity index is 2.95. The molecule has 0 radical (unpaired) electrons. The molecule has 0 aromatic heterocycles. The Morgan fingerprint density at radius 3 is 1.41 bits per heavy atom. The minimum absolute atomic E-state index is 0.551. The average molecular weight is 525 g/mol. The van der Waals surface area contributed by atoms with E-state index >= 15 is 0 Å². The molecule has 0 bridgehead atoms. The molecule has 0 amide bonds. The standard InChI is InChI=1S/C16H2F15NO2/c17-7-3(2-32)8(18)10(20)6(9(7)19)4(33)1-5(34)11(16(29,30)31)12(21,22)14(25,26)15(27,28)13(11,23)24/h1,33H/b4-1-. The predicted molar refractivity (Wildman–Crippen MR) is 74.9 cm³/mol. The van der Waals surface area contributed by atoms with E-state index < -0.39 is 87.3 Å². The van der Waals surface area contributed by atoms with Crippen LogP contribution >= 0.6 is 0 Å². The third kappa shape index (κ3) is 2.72. The Hall–Kier alpha value is -3.13. The van der Waals surface area contributed by atoms with Crippen LogP contribution in [0.5, 0.6) is 0 Å².